The molecule has 2 aromatic rings. The largest absolute Gasteiger partial charge is 0.312 e. The van der Waals surface area contributed by atoms with Crippen LogP contribution in [0.3, 0.4) is 0 Å². The zero-order chi connectivity index (χ0) is 15.2. The van der Waals surface area contributed by atoms with Crippen molar-refractivity contribution >= 4 is 22.7 Å². The second kappa shape index (κ2) is 8.08. The van der Waals surface area contributed by atoms with E-state index in [1.807, 2.05) is 22.7 Å². The van der Waals surface area contributed by atoms with Crippen molar-refractivity contribution < 1.29 is 0 Å². The summed E-state index contributed by atoms with van der Waals surface area (Å²) in [6, 6.07) is 7.32. The summed E-state index contributed by atoms with van der Waals surface area (Å²) in [7, 11) is 2.24. The predicted octanol–water partition coefficient (Wildman–Crippen LogP) is 4.29. The molecule has 116 valence electrons. The Kier molecular flexibility index (Phi) is 6.42. The molecule has 2 heterocycles. The summed E-state index contributed by atoms with van der Waals surface area (Å²) in [5.41, 5.74) is 1.48. The first kappa shape index (κ1) is 16.7. The van der Waals surface area contributed by atoms with Crippen LogP contribution in [0, 0.1) is 6.92 Å². The molecule has 0 radical (unpaired) electrons. The monoisotopic (exact) mass is 322 g/mol. The van der Waals surface area contributed by atoms with Crippen LogP contribution in [0.1, 0.15) is 34.0 Å². The van der Waals surface area contributed by atoms with Gasteiger partial charge >= 0.3 is 0 Å². The van der Waals surface area contributed by atoms with Crippen LogP contribution in [0.25, 0.3) is 0 Å². The summed E-state index contributed by atoms with van der Waals surface area (Å²) in [5, 5.41) is 5.57. The SMILES string of the molecule is CCNCc1cc(CN(C)C(C)Cc2cccs2)c(C)s1. The van der Waals surface area contributed by atoms with Crippen LogP contribution in [0.2, 0.25) is 0 Å². The Hall–Kier alpha value is -0.680. The molecule has 1 unspecified atom stereocenters. The standard InChI is InChI=1S/C17H26N2S2/c1-5-18-11-17-10-15(14(3)21-17)12-19(4)13(2)9-16-7-6-8-20-16/h6-8,10,13,18H,5,9,11-12H2,1-4H3. The van der Waals surface area contributed by atoms with Crippen molar-refractivity contribution in [3.8, 4) is 0 Å². The first-order chi connectivity index (χ1) is 10.1. The lowest BCUT2D eigenvalue weighted by Gasteiger charge is -2.24. The van der Waals surface area contributed by atoms with E-state index in [0.717, 1.165) is 26.1 Å². The molecule has 21 heavy (non-hydrogen) atoms. The minimum atomic E-state index is 0.570. The third kappa shape index (κ3) is 4.92. The number of hydrogen-bond donors (Lipinski definition) is 1. The Morgan fingerprint density at radius 1 is 1.33 bits per heavy atom. The summed E-state index contributed by atoms with van der Waals surface area (Å²) in [4.78, 5) is 6.84. The Balaban J connectivity index is 1.92. The molecule has 0 aliphatic carbocycles. The molecule has 0 aliphatic rings. The van der Waals surface area contributed by atoms with Crippen LogP contribution in [0.15, 0.2) is 23.6 Å². The van der Waals surface area contributed by atoms with Crippen LogP contribution >= 0.6 is 22.7 Å². The Morgan fingerprint density at radius 3 is 2.81 bits per heavy atom. The number of likely N-dealkylation sites (N-methyl/N-ethyl adjacent to an activating group) is 1. The van der Waals surface area contributed by atoms with Gasteiger partial charge in [-0.2, -0.15) is 0 Å². The van der Waals surface area contributed by atoms with Gasteiger partial charge in [0.2, 0.25) is 0 Å². The van der Waals surface area contributed by atoms with Crippen LogP contribution in [-0.2, 0) is 19.5 Å². The molecule has 4 heteroatoms. The average molecular weight is 323 g/mol. The van der Waals surface area contributed by atoms with Crippen molar-refractivity contribution in [2.45, 2.75) is 46.3 Å². The van der Waals surface area contributed by atoms with Gasteiger partial charge in [0.05, 0.1) is 0 Å². The van der Waals surface area contributed by atoms with Crippen LogP contribution in [0.4, 0.5) is 0 Å². The molecule has 0 saturated carbocycles. The maximum atomic E-state index is 3.41. The third-order valence-electron chi connectivity index (χ3n) is 3.87. The Morgan fingerprint density at radius 2 is 2.14 bits per heavy atom. The third-order valence-corrected chi connectivity index (χ3v) is 5.86. The first-order valence-electron chi connectivity index (χ1n) is 7.61. The summed E-state index contributed by atoms with van der Waals surface area (Å²) < 4.78 is 0. The van der Waals surface area contributed by atoms with E-state index in [1.54, 1.807) is 0 Å². The topological polar surface area (TPSA) is 15.3 Å². The molecule has 2 nitrogen and oxygen atoms in total. The molecular formula is C17H26N2S2. The van der Waals surface area contributed by atoms with Crippen molar-refractivity contribution in [3.05, 3.63) is 43.8 Å². The number of hydrogen-bond acceptors (Lipinski definition) is 4. The van der Waals surface area contributed by atoms with Crippen molar-refractivity contribution in [1.29, 1.82) is 0 Å². The molecule has 1 atom stereocenters. The van der Waals surface area contributed by atoms with E-state index in [4.69, 9.17) is 0 Å². The molecule has 1 N–H and O–H groups in total. The van der Waals surface area contributed by atoms with Gasteiger partial charge in [-0.1, -0.05) is 13.0 Å². The van der Waals surface area contributed by atoms with E-state index in [1.165, 1.54) is 20.2 Å². The highest BCUT2D eigenvalue weighted by molar-refractivity contribution is 7.12. The van der Waals surface area contributed by atoms with Gasteiger partial charge in [-0.25, -0.2) is 0 Å². The fraction of sp³-hybridized carbons (Fsp3) is 0.529. The minimum absolute atomic E-state index is 0.570. The van der Waals surface area contributed by atoms with Crippen molar-refractivity contribution in [2.75, 3.05) is 13.6 Å². The van der Waals surface area contributed by atoms with Gasteiger partial charge in [0, 0.05) is 33.8 Å². The van der Waals surface area contributed by atoms with Gasteiger partial charge in [-0.05, 0) is 56.9 Å². The van der Waals surface area contributed by atoms with Crippen molar-refractivity contribution in [2.24, 2.45) is 0 Å². The van der Waals surface area contributed by atoms with E-state index in [0.29, 0.717) is 6.04 Å². The van der Waals surface area contributed by atoms with E-state index >= 15 is 0 Å². The highest BCUT2D eigenvalue weighted by Crippen LogP contribution is 2.24. The van der Waals surface area contributed by atoms with Gasteiger partial charge < -0.3 is 5.32 Å². The number of thiophene rings is 2. The van der Waals surface area contributed by atoms with Crippen molar-refractivity contribution in [3.63, 3.8) is 0 Å². The maximum Gasteiger partial charge on any atom is 0.0299 e. The molecule has 0 spiro atoms. The molecule has 0 aromatic carbocycles. The molecule has 0 bridgehead atoms. The highest BCUT2D eigenvalue weighted by atomic mass is 32.1. The molecule has 0 aliphatic heterocycles. The number of aryl methyl sites for hydroxylation is 1. The molecule has 0 fully saturated rings. The van der Waals surface area contributed by atoms with Crippen LogP contribution < -0.4 is 5.32 Å². The summed E-state index contributed by atoms with van der Waals surface area (Å²) in [5.74, 6) is 0. The molecule has 2 rings (SSSR count). The lowest BCUT2D eigenvalue weighted by molar-refractivity contribution is 0.249. The predicted molar refractivity (Wildman–Crippen MR) is 95.4 cm³/mol. The van der Waals surface area contributed by atoms with E-state index in [9.17, 15) is 0 Å². The number of rotatable bonds is 8. The van der Waals surface area contributed by atoms with Gasteiger partial charge in [-0.15, -0.1) is 22.7 Å². The fourth-order valence-electron chi connectivity index (χ4n) is 2.38. The zero-order valence-electron chi connectivity index (χ0n) is 13.5. The first-order valence-corrected chi connectivity index (χ1v) is 9.31. The molecule has 0 amide bonds. The lowest BCUT2D eigenvalue weighted by atomic mass is 10.1. The van der Waals surface area contributed by atoms with Crippen LogP contribution in [0.5, 0.6) is 0 Å². The lowest BCUT2D eigenvalue weighted by Crippen LogP contribution is -2.30. The quantitative estimate of drug-likeness (QED) is 0.780. The second-order valence-electron chi connectivity index (χ2n) is 5.62. The van der Waals surface area contributed by atoms with Gasteiger partial charge in [0.1, 0.15) is 0 Å². The van der Waals surface area contributed by atoms with E-state index in [2.05, 4.69) is 61.6 Å². The van der Waals surface area contributed by atoms with Gasteiger partial charge in [0.15, 0.2) is 0 Å². The maximum absolute atomic E-state index is 3.41. The second-order valence-corrected chi connectivity index (χ2v) is 8.00. The van der Waals surface area contributed by atoms with Crippen molar-refractivity contribution in [1.82, 2.24) is 10.2 Å². The Labute approximate surface area is 136 Å². The van der Waals surface area contributed by atoms with E-state index < -0.39 is 0 Å². The highest BCUT2D eigenvalue weighted by Gasteiger charge is 2.13. The normalized spacial score (nSPS) is 13.0. The summed E-state index contributed by atoms with van der Waals surface area (Å²) in [6.07, 6.45) is 1.14. The minimum Gasteiger partial charge on any atom is -0.312 e. The van der Waals surface area contributed by atoms with Gasteiger partial charge in [-0.3, -0.25) is 4.90 Å². The average Bonchev–Trinajstić information content (AvgIpc) is 3.07. The summed E-state index contributed by atoms with van der Waals surface area (Å²) in [6.45, 7) is 9.79. The molecule has 2 aromatic heterocycles. The number of nitrogens with zero attached hydrogens (tertiary/aromatic N) is 1. The van der Waals surface area contributed by atoms with Crippen LogP contribution in [-0.4, -0.2) is 24.5 Å². The fourth-order valence-corrected chi connectivity index (χ4v) is 4.23. The summed E-state index contributed by atoms with van der Waals surface area (Å²) >= 11 is 3.78. The molecular weight excluding hydrogens is 296 g/mol. The Bertz CT molecular complexity index is 531. The van der Waals surface area contributed by atoms with E-state index in [-0.39, 0.29) is 0 Å². The van der Waals surface area contributed by atoms with Gasteiger partial charge in [0.25, 0.3) is 0 Å². The zero-order valence-corrected chi connectivity index (χ0v) is 15.1. The smallest absolute Gasteiger partial charge is 0.0299 e. The molecule has 0 saturated heterocycles. The number of nitrogens with one attached hydrogen (secondary N) is 1.